The Balaban J connectivity index is 1.54. The van der Waals surface area contributed by atoms with E-state index in [1.54, 1.807) is 18.0 Å². The highest BCUT2D eigenvalue weighted by molar-refractivity contribution is 7.99. The molecule has 9 heteroatoms. The lowest BCUT2D eigenvalue weighted by atomic mass is 9.96. The van der Waals surface area contributed by atoms with Gasteiger partial charge in [-0.15, -0.1) is 10.2 Å². The molecule has 0 radical (unpaired) electrons. The smallest absolute Gasteiger partial charge is 0.321 e. The third kappa shape index (κ3) is 5.22. The number of urea groups is 1. The predicted octanol–water partition coefficient (Wildman–Crippen LogP) is 2.53. The molecule has 0 saturated heterocycles. The van der Waals surface area contributed by atoms with E-state index in [9.17, 15) is 9.59 Å². The van der Waals surface area contributed by atoms with E-state index in [0.717, 1.165) is 31.4 Å². The first kappa shape index (κ1) is 19.2. The van der Waals surface area contributed by atoms with E-state index in [1.807, 2.05) is 24.3 Å². The molecule has 2 aromatic rings. The highest BCUT2D eigenvalue weighted by Crippen LogP contribution is 2.26. The highest BCUT2D eigenvalue weighted by Gasteiger charge is 2.18. The lowest BCUT2D eigenvalue weighted by Crippen LogP contribution is -2.45. The summed E-state index contributed by atoms with van der Waals surface area (Å²) >= 11 is 1.21. The number of benzene rings is 1. The number of carbonyl (C=O) groups excluding carboxylic acids is 2. The number of nitrogens with one attached hydrogen (secondary N) is 2. The fourth-order valence-corrected chi connectivity index (χ4v) is 3.80. The molecular weight excluding hydrogens is 366 g/mol. The summed E-state index contributed by atoms with van der Waals surface area (Å²) in [7, 11) is 1.59. The van der Waals surface area contributed by atoms with Crippen LogP contribution in [0.5, 0.6) is 5.75 Å². The van der Waals surface area contributed by atoms with Gasteiger partial charge >= 0.3 is 6.03 Å². The average Bonchev–Trinajstić information content (AvgIpc) is 3.15. The second-order valence-electron chi connectivity index (χ2n) is 6.30. The van der Waals surface area contributed by atoms with Crippen molar-refractivity contribution in [1.82, 2.24) is 25.4 Å². The Morgan fingerprint density at radius 1 is 1.26 bits per heavy atom. The van der Waals surface area contributed by atoms with Crippen LogP contribution in [0.4, 0.5) is 4.79 Å². The molecule has 0 bridgehead atoms. The normalized spacial score (nSPS) is 14.6. The standard InChI is InChI=1S/C18H23N5O3S/c1-26-15-10-6-5-9-14(15)23-12-19-22-18(23)27-11-16(24)21-17(25)20-13-7-3-2-4-8-13/h5-6,9-10,12-13H,2-4,7-8,11H2,1H3,(H2,20,21,24,25). The van der Waals surface area contributed by atoms with Crippen LogP contribution >= 0.6 is 11.8 Å². The third-order valence-electron chi connectivity index (χ3n) is 4.39. The maximum atomic E-state index is 12.1. The lowest BCUT2D eigenvalue weighted by molar-refractivity contribution is -0.117. The largest absolute Gasteiger partial charge is 0.495 e. The van der Waals surface area contributed by atoms with Crippen molar-refractivity contribution in [3.05, 3.63) is 30.6 Å². The van der Waals surface area contributed by atoms with Crippen molar-refractivity contribution in [2.45, 2.75) is 43.3 Å². The quantitative estimate of drug-likeness (QED) is 0.737. The Morgan fingerprint density at radius 3 is 2.81 bits per heavy atom. The Kier molecular flexibility index (Phi) is 6.69. The van der Waals surface area contributed by atoms with E-state index in [0.29, 0.717) is 10.9 Å². The number of imide groups is 1. The van der Waals surface area contributed by atoms with E-state index in [4.69, 9.17) is 4.74 Å². The molecule has 2 N–H and O–H groups in total. The Bertz CT molecular complexity index is 789. The minimum Gasteiger partial charge on any atom is -0.495 e. The zero-order valence-corrected chi connectivity index (χ0v) is 16.0. The second kappa shape index (κ2) is 9.40. The number of amides is 3. The molecule has 3 amide bonds. The molecule has 1 heterocycles. The van der Waals surface area contributed by atoms with E-state index >= 15 is 0 Å². The first-order valence-corrected chi connectivity index (χ1v) is 9.92. The molecule has 8 nitrogen and oxygen atoms in total. The highest BCUT2D eigenvalue weighted by atomic mass is 32.2. The first-order valence-electron chi connectivity index (χ1n) is 8.94. The summed E-state index contributed by atoms with van der Waals surface area (Å²) in [5, 5.41) is 13.8. The second-order valence-corrected chi connectivity index (χ2v) is 7.24. The van der Waals surface area contributed by atoms with E-state index in [-0.39, 0.29) is 17.7 Å². The molecule has 1 aliphatic rings. The van der Waals surface area contributed by atoms with Crippen molar-refractivity contribution in [3.63, 3.8) is 0 Å². The van der Waals surface area contributed by atoms with E-state index < -0.39 is 6.03 Å². The van der Waals surface area contributed by atoms with Crippen LogP contribution in [-0.4, -0.2) is 45.6 Å². The van der Waals surface area contributed by atoms with Gasteiger partial charge < -0.3 is 10.1 Å². The minimum atomic E-state index is -0.432. The summed E-state index contributed by atoms with van der Waals surface area (Å²) in [6.45, 7) is 0. The SMILES string of the molecule is COc1ccccc1-n1cnnc1SCC(=O)NC(=O)NC1CCCCC1. The van der Waals surface area contributed by atoms with Crippen LogP contribution in [0.15, 0.2) is 35.7 Å². The topological polar surface area (TPSA) is 98.1 Å². The number of aromatic nitrogens is 3. The van der Waals surface area contributed by atoms with Crippen molar-refractivity contribution in [1.29, 1.82) is 0 Å². The summed E-state index contributed by atoms with van der Waals surface area (Å²) in [5.74, 6) is 0.365. The van der Waals surface area contributed by atoms with Gasteiger partial charge in [0.05, 0.1) is 18.6 Å². The number of hydrogen-bond acceptors (Lipinski definition) is 6. The fourth-order valence-electron chi connectivity index (χ4n) is 3.08. The Hall–Kier alpha value is -2.55. The van der Waals surface area contributed by atoms with Crippen LogP contribution in [0.2, 0.25) is 0 Å². The van der Waals surface area contributed by atoms with Gasteiger partial charge in [-0.25, -0.2) is 4.79 Å². The number of hydrogen-bond donors (Lipinski definition) is 2. The molecule has 1 aliphatic carbocycles. The van der Waals surface area contributed by atoms with Gasteiger partial charge in [0.25, 0.3) is 0 Å². The number of rotatable bonds is 6. The van der Waals surface area contributed by atoms with Gasteiger partial charge in [-0.2, -0.15) is 0 Å². The van der Waals surface area contributed by atoms with Crippen molar-refractivity contribution in [2.75, 3.05) is 12.9 Å². The number of carbonyl (C=O) groups is 2. The van der Waals surface area contributed by atoms with Crippen LogP contribution in [0, 0.1) is 0 Å². The number of nitrogens with zero attached hydrogens (tertiary/aromatic N) is 3. The maximum absolute atomic E-state index is 12.1. The molecule has 1 saturated carbocycles. The number of thioether (sulfide) groups is 1. The maximum Gasteiger partial charge on any atom is 0.321 e. The van der Waals surface area contributed by atoms with Gasteiger partial charge in [-0.1, -0.05) is 43.2 Å². The molecule has 1 aromatic carbocycles. The summed E-state index contributed by atoms with van der Waals surface area (Å²) in [4.78, 5) is 24.0. The Morgan fingerprint density at radius 2 is 2.04 bits per heavy atom. The van der Waals surface area contributed by atoms with Gasteiger partial charge in [-0.3, -0.25) is 14.7 Å². The van der Waals surface area contributed by atoms with Crippen LogP contribution < -0.4 is 15.4 Å². The molecule has 0 unspecified atom stereocenters. The summed E-state index contributed by atoms with van der Waals surface area (Å²) in [5.41, 5.74) is 0.781. The summed E-state index contributed by atoms with van der Waals surface area (Å²) < 4.78 is 7.11. The molecule has 0 atom stereocenters. The van der Waals surface area contributed by atoms with Crippen LogP contribution in [0.25, 0.3) is 5.69 Å². The Labute approximate surface area is 162 Å². The molecule has 27 heavy (non-hydrogen) atoms. The van der Waals surface area contributed by atoms with E-state index in [1.165, 1.54) is 18.2 Å². The average molecular weight is 389 g/mol. The van der Waals surface area contributed by atoms with Crippen molar-refractivity contribution < 1.29 is 14.3 Å². The molecule has 144 valence electrons. The number of para-hydroxylation sites is 2. The van der Waals surface area contributed by atoms with Gasteiger partial charge in [0, 0.05) is 6.04 Å². The minimum absolute atomic E-state index is 0.0614. The first-order chi connectivity index (χ1) is 13.2. The molecule has 0 spiro atoms. The van der Waals surface area contributed by atoms with Crippen molar-refractivity contribution in [3.8, 4) is 11.4 Å². The van der Waals surface area contributed by atoms with Crippen molar-refractivity contribution >= 4 is 23.7 Å². The van der Waals surface area contributed by atoms with E-state index in [2.05, 4.69) is 20.8 Å². The predicted molar refractivity (Wildman–Crippen MR) is 102 cm³/mol. The lowest BCUT2D eigenvalue weighted by Gasteiger charge is -2.22. The molecular formula is C18H23N5O3S. The zero-order valence-electron chi connectivity index (χ0n) is 15.2. The van der Waals surface area contributed by atoms with Crippen LogP contribution in [-0.2, 0) is 4.79 Å². The zero-order chi connectivity index (χ0) is 19.1. The third-order valence-corrected chi connectivity index (χ3v) is 5.33. The van der Waals surface area contributed by atoms with Gasteiger partial charge in [0.15, 0.2) is 5.16 Å². The van der Waals surface area contributed by atoms with Crippen LogP contribution in [0.3, 0.4) is 0 Å². The monoisotopic (exact) mass is 389 g/mol. The number of ether oxygens (including phenoxy) is 1. The summed E-state index contributed by atoms with van der Waals surface area (Å²) in [6.07, 6.45) is 6.95. The summed E-state index contributed by atoms with van der Waals surface area (Å²) in [6, 6.07) is 7.20. The number of methoxy groups -OCH3 is 1. The van der Waals surface area contributed by atoms with Crippen molar-refractivity contribution in [2.24, 2.45) is 0 Å². The molecule has 1 aromatic heterocycles. The van der Waals surface area contributed by atoms with Gasteiger partial charge in [0.1, 0.15) is 12.1 Å². The molecule has 3 rings (SSSR count). The van der Waals surface area contributed by atoms with Gasteiger partial charge in [-0.05, 0) is 25.0 Å². The molecule has 1 fully saturated rings. The van der Waals surface area contributed by atoms with Crippen LogP contribution in [0.1, 0.15) is 32.1 Å². The fraction of sp³-hybridized carbons (Fsp3) is 0.444. The van der Waals surface area contributed by atoms with Gasteiger partial charge in [0.2, 0.25) is 5.91 Å². The molecule has 0 aliphatic heterocycles.